The van der Waals surface area contributed by atoms with Gasteiger partial charge in [-0.2, -0.15) is 0 Å². The van der Waals surface area contributed by atoms with Crippen molar-refractivity contribution in [1.82, 2.24) is 83.3 Å². The van der Waals surface area contributed by atoms with E-state index in [4.69, 9.17) is 5.73 Å². The van der Waals surface area contributed by atoms with Gasteiger partial charge < -0.3 is 89.3 Å². The fourth-order valence-electron chi connectivity index (χ4n) is 11.6. The first-order valence-corrected chi connectivity index (χ1v) is 34.6. The van der Waals surface area contributed by atoms with E-state index in [0.717, 1.165) is 15.4 Å². The third-order valence-electron chi connectivity index (χ3n) is 17.8. The van der Waals surface area contributed by atoms with Crippen LogP contribution in [0, 0.1) is 17.8 Å². The number of hydrogen-bond acceptors (Lipinski definition) is 19. The van der Waals surface area contributed by atoms with E-state index in [1.54, 1.807) is 41.5 Å². The van der Waals surface area contributed by atoms with Gasteiger partial charge in [0.25, 0.3) is 5.91 Å². The zero-order chi connectivity index (χ0) is 78.4. The number of amides is 14. The Labute approximate surface area is 601 Å². The smallest absolute Gasteiger partial charge is 0.250 e. The number of aliphatic hydroxyl groups excluding tert-OH is 3. The van der Waals surface area contributed by atoms with Crippen LogP contribution in [-0.4, -0.2) is 226 Å². The van der Waals surface area contributed by atoms with E-state index in [1.165, 1.54) is 87.0 Å². The fourth-order valence-corrected chi connectivity index (χ4v) is 11.6. The van der Waals surface area contributed by atoms with Crippen molar-refractivity contribution in [3.63, 3.8) is 0 Å². The summed E-state index contributed by atoms with van der Waals surface area (Å²) in [6, 6.07) is 0.747. The molecule has 574 valence electrons. The molecule has 1 aromatic carbocycles. The number of benzene rings is 1. The van der Waals surface area contributed by atoms with Gasteiger partial charge in [-0.3, -0.25) is 67.1 Å². The predicted octanol–water partition coefficient (Wildman–Crippen LogP) is -2.71. The molecule has 34 heteroatoms. The van der Waals surface area contributed by atoms with Crippen LogP contribution in [0.2, 0.25) is 0 Å². The average Bonchev–Trinajstić information content (AvgIpc) is 1.66. The van der Waals surface area contributed by atoms with Crippen LogP contribution in [0.4, 0.5) is 0 Å². The molecule has 4 rings (SSSR count). The van der Waals surface area contributed by atoms with Gasteiger partial charge in [-0.05, 0) is 126 Å². The molecule has 14 amide bonds. The van der Waals surface area contributed by atoms with Crippen molar-refractivity contribution < 1.29 is 82.4 Å². The number of β-amino-alcohol motifs (C(OH)–C–C–N with tert-alkyl or cyclic N) is 2. The van der Waals surface area contributed by atoms with Crippen LogP contribution < -0.4 is 64.2 Å². The van der Waals surface area contributed by atoms with E-state index < -0.39 is 202 Å². The second-order valence-corrected chi connectivity index (χ2v) is 31.1. The Morgan fingerprint density at radius 3 is 1.61 bits per heavy atom. The van der Waals surface area contributed by atoms with Crippen LogP contribution in [0.25, 0.3) is 0 Å². The third kappa shape index (κ3) is 23.9. The summed E-state index contributed by atoms with van der Waals surface area (Å²) < 4.78 is 1.19. The number of carbonyl (C=O) groups is 14. The molecule has 3 heterocycles. The van der Waals surface area contributed by atoms with Crippen LogP contribution in [0.15, 0.2) is 36.5 Å². The Kier molecular flexibility index (Phi) is 29.6. The van der Waals surface area contributed by atoms with Crippen molar-refractivity contribution in [2.24, 2.45) is 23.5 Å². The quantitative estimate of drug-likeness (QED) is 0.0334. The Morgan fingerprint density at radius 1 is 0.573 bits per heavy atom. The van der Waals surface area contributed by atoms with Crippen LogP contribution in [0.1, 0.15) is 175 Å². The highest BCUT2D eigenvalue weighted by atomic mass is 16.3. The molecule has 0 radical (unpaired) electrons. The second-order valence-electron chi connectivity index (χ2n) is 31.1. The topological polar surface area (TPSA) is 495 Å². The number of nitrogens with zero attached hydrogens (tertiary/aromatic N) is 5. The monoisotopic (exact) mass is 1450 g/mol. The zero-order valence-electron chi connectivity index (χ0n) is 62.8. The maximum atomic E-state index is 14.7. The van der Waals surface area contributed by atoms with E-state index in [0.29, 0.717) is 6.42 Å². The van der Waals surface area contributed by atoms with Gasteiger partial charge in [-0.25, -0.2) is 4.68 Å². The highest BCUT2D eigenvalue weighted by molar-refractivity contribution is 6.01. The summed E-state index contributed by atoms with van der Waals surface area (Å²) in [6.45, 7) is 27.1. The van der Waals surface area contributed by atoms with Crippen molar-refractivity contribution in [3.05, 3.63) is 47.8 Å². The Balaban J connectivity index is 1.42. The van der Waals surface area contributed by atoms with Gasteiger partial charge in [-0.15, -0.1) is 5.10 Å². The summed E-state index contributed by atoms with van der Waals surface area (Å²) in [7, 11) is 0. The molecule has 0 spiro atoms. The Hall–Kier alpha value is -9.18. The molecule has 0 bridgehead atoms. The summed E-state index contributed by atoms with van der Waals surface area (Å²) in [5, 5.41) is 69.3. The molecule has 16 N–H and O–H groups in total. The zero-order valence-corrected chi connectivity index (χ0v) is 62.8. The molecule has 34 nitrogen and oxygen atoms in total. The molecular weight excluding hydrogens is 1340 g/mol. The number of rotatable bonds is 35. The predicted molar refractivity (Wildman–Crippen MR) is 375 cm³/mol. The van der Waals surface area contributed by atoms with Crippen molar-refractivity contribution >= 4 is 82.7 Å². The summed E-state index contributed by atoms with van der Waals surface area (Å²) in [4.78, 5) is 193. The number of aliphatic hydroxyl groups is 3. The SMILES string of the molecule is CC(=O)N[C@H](C(=O)NC(C)(C)C(=O)NC(C)(C)C(=O)N[C@H](C(=O)NCC(=O)N[C@@H](CC(C)C)C(=O)NC(C)(C)c1cn(C(C)(C)C(=O)N2C[C@H](O)C[C@H]2C(=O)N[C@@H](CCC(N)=O)C(=O)NC(C)(C)C(=O)N2C[C@H](O)C[C@H]2C(=O)NC(C)(C)C(=O)N[C@H](CO)Cc2ccccc2)nn1)C(C)C)C(C)C. The minimum Gasteiger partial charge on any atom is -0.394 e. The van der Waals surface area contributed by atoms with E-state index in [1.807, 2.05) is 44.2 Å². The molecule has 2 aromatic rings. The number of hydrogen-bond donors (Lipinski definition) is 15. The fraction of sp³-hybridized carbons (Fsp3) is 0.681. The lowest BCUT2D eigenvalue weighted by Crippen LogP contribution is -2.66. The van der Waals surface area contributed by atoms with Crippen LogP contribution in [0.3, 0.4) is 0 Å². The normalized spacial score (nSPS) is 18.1. The van der Waals surface area contributed by atoms with E-state index >= 15 is 0 Å². The van der Waals surface area contributed by atoms with Gasteiger partial charge >= 0.3 is 0 Å². The first-order valence-electron chi connectivity index (χ1n) is 34.6. The van der Waals surface area contributed by atoms with Crippen molar-refractivity contribution in [1.29, 1.82) is 0 Å². The first kappa shape index (κ1) is 86.2. The molecule has 1 aromatic heterocycles. The maximum Gasteiger partial charge on any atom is 0.250 e. The lowest BCUT2D eigenvalue weighted by molar-refractivity contribution is -0.147. The number of carbonyl (C=O) groups excluding carboxylic acids is 14. The van der Waals surface area contributed by atoms with E-state index in [-0.39, 0.29) is 49.9 Å². The van der Waals surface area contributed by atoms with Gasteiger partial charge in [0.2, 0.25) is 76.8 Å². The first-order chi connectivity index (χ1) is 47.4. The minimum atomic E-state index is -1.86. The lowest BCUT2D eigenvalue weighted by Gasteiger charge is -2.36. The third-order valence-corrected chi connectivity index (χ3v) is 17.8. The van der Waals surface area contributed by atoms with Gasteiger partial charge in [0, 0.05) is 39.3 Å². The van der Waals surface area contributed by atoms with Crippen LogP contribution >= 0.6 is 0 Å². The van der Waals surface area contributed by atoms with Gasteiger partial charge in [0.1, 0.15) is 69.6 Å². The molecule has 103 heavy (non-hydrogen) atoms. The number of primary amides is 1. The summed E-state index contributed by atoms with van der Waals surface area (Å²) in [5.41, 5.74) is -3.20. The molecule has 2 aliphatic rings. The maximum absolute atomic E-state index is 14.7. The molecule has 0 unspecified atom stereocenters. The van der Waals surface area contributed by atoms with E-state index in [2.05, 4.69) is 68.8 Å². The lowest BCUT2D eigenvalue weighted by atomic mass is 9.96. The number of aromatic nitrogens is 3. The van der Waals surface area contributed by atoms with Gasteiger partial charge in [0.15, 0.2) is 0 Å². The Morgan fingerprint density at radius 2 is 1.08 bits per heavy atom. The number of nitrogens with one attached hydrogen (secondary N) is 11. The van der Waals surface area contributed by atoms with Crippen LogP contribution in [-0.2, 0) is 84.6 Å². The van der Waals surface area contributed by atoms with Crippen molar-refractivity contribution in [2.75, 3.05) is 26.2 Å². The molecule has 0 aliphatic carbocycles. The van der Waals surface area contributed by atoms with Crippen LogP contribution in [0.5, 0.6) is 0 Å². The highest BCUT2D eigenvalue weighted by Crippen LogP contribution is 2.29. The summed E-state index contributed by atoms with van der Waals surface area (Å²) >= 11 is 0. The van der Waals surface area contributed by atoms with Gasteiger partial charge in [-0.1, -0.05) is 77.1 Å². The molecule has 9 atom stereocenters. The van der Waals surface area contributed by atoms with Crippen molar-refractivity contribution in [3.8, 4) is 0 Å². The molecular formula is C69H111N17O17. The summed E-state index contributed by atoms with van der Waals surface area (Å²) in [6.07, 6.45) is -1.98. The molecule has 0 saturated carbocycles. The van der Waals surface area contributed by atoms with Crippen molar-refractivity contribution in [2.45, 2.75) is 258 Å². The highest BCUT2D eigenvalue weighted by Gasteiger charge is 2.50. The molecule has 2 saturated heterocycles. The Bertz CT molecular complexity index is 3440. The largest absolute Gasteiger partial charge is 0.394 e. The number of likely N-dealkylation sites (tertiary alicyclic amines) is 2. The molecule has 2 fully saturated rings. The van der Waals surface area contributed by atoms with E-state index in [9.17, 15) is 82.4 Å². The standard InChI is InChI=1S/C69H111N17O17/c1-36(2)27-45(74-50(92)31-71-57(97)51(37(3)4)76-60(100)66(12,13)81-61(101)67(14,15)80-58(98)52(38(5)6)72-39(7)88)54(94)77-64(8,9)48-34-86(83-82-48)69(18,19)63(103)85-33-42(89)29-46(85)55(95)75-44(25-26-49(70)91)53(93)78-68(16,17)62(102)84-32-43(90)30-47(84)56(96)79-65(10,11)59(99)73-41(35-87)28-40-23-21-20-22-24-40/h20-24,34,36-38,41-47,51-52,87,89-90H,25-33,35H2,1-19H3,(H2,70,91)(H,71,97)(H,72,88)(H,73,99)(H,74,92)(H,75,95)(H,76,100)(H,77,94)(H,78,93)(H,79,96)(H,80,98)(H,81,101)/t41-,42+,43+,44-,45-,46-,47-,51-,52-/m0/s1. The average molecular weight is 1450 g/mol. The summed E-state index contributed by atoms with van der Waals surface area (Å²) in [5.74, 6) is -11.6. The van der Waals surface area contributed by atoms with Gasteiger partial charge in [0.05, 0.1) is 43.1 Å². The minimum absolute atomic E-state index is 0.126. The second kappa shape index (κ2) is 35.3. The molecule has 2 aliphatic heterocycles. The number of nitrogens with two attached hydrogens (primary N) is 1.